The molecule has 6 heteroatoms. The molecule has 0 aliphatic carbocycles. The van der Waals surface area contributed by atoms with Crippen LogP contribution in [0.15, 0.2) is 6.07 Å². The molecule has 0 atom stereocenters. The summed E-state index contributed by atoms with van der Waals surface area (Å²) in [4.78, 5) is 22.2. The van der Waals surface area contributed by atoms with E-state index in [1.54, 1.807) is 6.07 Å². The molecule has 1 N–H and O–H groups in total. The lowest BCUT2D eigenvalue weighted by atomic mass is 10.3. The zero-order valence-electron chi connectivity index (χ0n) is 11.9. The molecule has 1 rings (SSSR count). The van der Waals surface area contributed by atoms with Crippen LogP contribution in [-0.2, 0) is 11.3 Å². The minimum Gasteiger partial charge on any atom is -0.353 e. The smallest absolute Gasteiger partial charge is 0.234 e. The Labute approximate surface area is 119 Å². The second-order valence-electron chi connectivity index (χ2n) is 4.77. The first-order valence-corrected chi connectivity index (χ1v) is 6.80. The maximum Gasteiger partial charge on any atom is 0.234 e. The predicted octanol–water partition coefficient (Wildman–Crippen LogP) is 1.78. The first-order chi connectivity index (χ1) is 8.90. The molecule has 1 amide bonds. The zero-order chi connectivity index (χ0) is 14.4. The van der Waals surface area contributed by atoms with Crippen molar-refractivity contribution in [3.05, 3.63) is 22.7 Å². The highest BCUT2D eigenvalue weighted by Crippen LogP contribution is 2.08. The Morgan fingerprint density at radius 3 is 2.68 bits per heavy atom. The normalized spacial score (nSPS) is 11.1. The molecule has 0 saturated heterocycles. The summed E-state index contributed by atoms with van der Waals surface area (Å²) < 4.78 is 0. The van der Waals surface area contributed by atoms with Gasteiger partial charge in [-0.25, -0.2) is 9.97 Å². The first-order valence-electron chi connectivity index (χ1n) is 6.42. The van der Waals surface area contributed by atoms with Crippen molar-refractivity contribution in [2.24, 2.45) is 0 Å². The van der Waals surface area contributed by atoms with E-state index in [-0.39, 0.29) is 11.9 Å². The van der Waals surface area contributed by atoms with Crippen LogP contribution in [0.2, 0.25) is 5.15 Å². The van der Waals surface area contributed by atoms with E-state index in [4.69, 9.17) is 11.6 Å². The number of likely N-dealkylation sites (N-methyl/N-ethyl adjacent to an activating group) is 1. The summed E-state index contributed by atoms with van der Waals surface area (Å²) in [7, 11) is 0. The molecule has 0 spiro atoms. The number of hydrogen-bond acceptors (Lipinski definition) is 4. The third-order valence-corrected chi connectivity index (χ3v) is 2.69. The van der Waals surface area contributed by atoms with Gasteiger partial charge in [-0.05, 0) is 33.4 Å². The summed E-state index contributed by atoms with van der Waals surface area (Å²) in [5.41, 5.74) is 0.831. The van der Waals surface area contributed by atoms with Crippen LogP contribution >= 0.6 is 11.6 Å². The lowest BCUT2D eigenvalue weighted by molar-refractivity contribution is -0.122. The van der Waals surface area contributed by atoms with Gasteiger partial charge in [-0.1, -0.05) is 18.5 Å². The van der Waals surface area contributed by atoms with E-state index < -0.39 is 0 Å². The second kappa shape index (κ2) is 7.40. The molecule has 5 nitrogen and oxygen atoms in total. The van der Waals surface area contributed by atoms with Crippen molar-refractivity contribution in [2.45, 2.75) is 40.3 Å². The van der Waals surface area contributed by atoms with Gasteiger partial charge in [-0.3, -0.25) is 9.69 Å². The first kappa shape index (κ1) is 15.9. The Bertz CT molecular complexity index is 416. The van der Waals surface area contributed by atoms with Gasteiger partial charge in [0.2, 0.25) is 5.91 Å². The van der Waals surface area contributed by atoms with Crippen molar-refractivity contribution < 1.29 is 4.79 Å². The van der Waals surface area contributed by atoms with E-state index in [0.29, 0.717) is 24.1 Å². The van der Waals surface area contributed by atoms with Gasteiger partial charge in [-0.15, -0.1) is 0 Å². The molecule has 0 unspecified atom stereocenters. The fourth-order valence-corrected chi connectivity index (χ4v) is 1.97. The standard InChI is InChI=1S/C13H21ClN4O/c1-5-18(8-13(19)15-9(2)3)7-12-16-10(4)6-11(14)17-12/h6,9H,5,7-8H2,1-4H3,(H,15,19). The molecule has 106 valence electrons. The predicted molar refractivity (Wildman–Crippen MR) is 76.0 cm³/mol. The van der Waals surface area contributed by atoms with Crippen LogP contribution in [0.3, 0.4) is 0 Å². The monoisotopic (exact) mass is 284 g/mol. The van der Waals surface area contributed by atoms with Gasteiger partial charge in [-0.2, -0.15) is 0 Å². The molecule has 0 radical (unpaired) electrons. The minimum atomic E-state index is 0.00981. The summed E-state index contributed by atoms with van der Waals surface area (Å²) in [6, 6.07) is 1.86. The Kier molecular flexibility index (Phi) is 6.18. The van der Waals surface area contributed by atoms with Gasteiger partial charge in [0.1, 0.15) is 11.0 Å². The maximum atomic E-state index is 11.7. The average molecular weight is 285 g/mol. The quantitative estimate of drug-likeness (QED) is 0.809. The minimum absolute atomic E-state index is 0.00981. The van der Waals surface area contributed by atoms with Gasteiger partial charge in [0.15, 0.2) is 0 Å². The fourth-order valence-electron chi connectivity index (χ4n) is 1.71. The Morgan fingerprint density at radius 1 is 1.47 bits per heavy atom. The van der Waals surface area contributed by atoms with E-state index >= 15 is 0 Å². The Morgan fingerprint density at radius 2 is 2.16 bits per heavy atom. The number of hydrogen-bond donors (Lipinski definition) is 1. The molecule has 1 aromatic heterocycles. The number of aromatic nitrogens is 2. The van der Waals surface area contributed by atoms with Crippen molar-refractivity contribution in [1.29, 1.82) is 0 Å². The van der Waals surface area contributed by atoms with Crippen molar-refractivity contribution in [1.82, 2.24) is 20.2 Å². The molecule has 0 fully saturated rings. The summed E-state index contributed by atoms with van der Waals surface area (Å²) in [5.74, 6) is 0.653. The number of nitrogens with zero attached hydrogens (tertiary/aromatic N) is 3. The van der Waals surface area contributed by atoms with E-state index in [2.05, 4.69) is 15.3 Å². The van der Waals surface area contributed by atoms with Crippen molar-refractivity contribution in [2.75, 3.05) is 13.1 Å². The molecule has 0 bridgehead atoms. The van der Waals surface area contributed by atoms with E-state index in [9.17, 15) is 4.79 Å². The maximum absolute atomic E-state index is 11.7. The topological polar surface area (TPSA) is 58.1 Å². The summed E-state index contributed by atoms with van der Waals surface area (Å²) in [6.45, 7) is 9.36. The SMILES string of the molecule is CCN(CC(=O)NC(C)C)Cc1nc(C)cc(Cl)n1. The van der Waals surface area contributed by atoms with Crippen LogP contribution in [0.1, 0.15) is 32.3 Å². The molecular formula is C13H21ClN4O. The molecule has 0 aliphatic rings. The molecule has 0 saturated carbocycles. The molecule has 1 heterocycles. The van der Waals surface area contributed by atoms with Gasteiger partial charge >= 0.3 is 0 Å². The van der Waals surface area contributed by atoms with Gasteiger partial charge < -0.3 is 5.32 Å². The number of carbonyl (C=O) groups excluding carboxylic acids is 1. The average Bonchev–Trinajstić information content (AvgIpc) is 2.25. The molecule has 19 heavy (non-hydrogen) atoms. The van der Waals surface area contributed by atoms with E-state index in [1.807, 2.05) is 32.6 Å². The third-order valence-electron chi connectivity index (χ3n) is 2.50. The van der Waals surface area contributed by atoms with Crippen molar-refractivity contribution >= 4 is 17.5 Å². The van der Waals surface area contributed by atoms with Crippen LogP contribution < -0.4 is 5.32 Å². The van der Waals surface area contributed by atoms with Crippen molar-refractivity contribution in [3.63, 3.8) is 0 Å². The summed E-state index contributed by atoms with van der Waals surface area (Å²) >= 11 is 5.90. The van der Waals surface area contributed by atoms with Crippen LogP contribution in [-0.4, -0.2) is 39.9 Å². The van der Waals surface area contributed by atoms with Crippen LogP contribution in [0.4, 0.5) is 0 Å². The largest absolute Gasteiger partial charge is 0.353 e. The van der Waals surface area contributed by atoms with Crippen LogP contribution in [0, 0.1) is 6.92 Å². The number of aryl methyl sites for hydroxylation is 1. The van der Waals surface area contributed by atoms with E-state index in [1.165, 1.54) is 0 Å². The van der Waals surface area contributed by atoms with Gasteiger partial charge in [0.05, 0.1) is 13.1 Å². The summed E-state index contributed by atoms with van der Waals surface area (Å²) in [5, 5.41) is 3.30. The van der Waals surface area contributed by atoms with Crippen LogP contribution in [0.25, 0.3) is 0 Å². The highest BCUT2D eigenvalue weighted by molar-refractivity contribution is 6.29. The molecular weight excluding hydrogens is 264 g/mol. The van der Waals surface area contributed by atoms with E-state index in [0.717, 1.165) is 12.2 Å². The van der Waals surface area contributed by atoms with Crippen LogP contribution in [0.5, 0.6) is 0 Å². The lowest BCUT2D eigenvalue weighted by Crippen LogP contribution is -2.40. The number of amides is 1. The number of nitrogens with one attached hydrogen (secondary N) is 1. The number of halogens is 1. The van der Waals surface area contributed by atoms with Gasteiger partial charge in [0.25, 0.3) is 0 Å². The van der Waals surface area contributed by atoms with Crippen molar-refractivity contribution in [3.8, 4) is 0 Å². The highest BCUT2D eigenvalue weighted by Gasteiger charge is 2.12. The lowest BCUT2D eigenvalue weighted by Gasteiger charge is -2.20. The Balaban J connectivity index is 2.63. The fraction of sp³-hybridized carbons (Fsp3) is 0.615. The third kappa shape index (κ3) is 5.98. The highest BCUT2D eigenvalue weighted by atomic mass is 35.5. The molecule has 0 aromatic carbocycles. The summed E-state index contributed by atoms with van der Waals surface area (Å²) in [6.07, 6.45) is 0. The molecule has 1 aromatic rings. The second-order valence-corrected chi connectivity index (χ2v) is 5.16. The number of carbonyl (C=O) groups is 1. The molecule has 0 aliphatic heterocycles. The Hall–Kier alpha value is -1.20. The van der Waals surface area contributed by atoms with Gasteiger partial charge in [0, 0.05) is 11.7 Å². The number of rotatable bonds is 6. The zero-order valence-corrected chi connectivity index (χ0v) is 12.7.